The molecule has 0 spiro atoms. The molecule has 0 aliphatic heterocycles. The molecule has 1 heterocycles. The van der Waals surface area contributed by atoms with Crippen LogP contribution < -0.4 is 15.8 Å². The first-order chi connectivity index (χ1) is 15.7. The Morgan fingerprint density at radius 2 is 1.79 bits per heavy atom. The lowest BCUT2D eigenvalue weighted by Gasteiger charge is -2.40. The third-order valence-electron chi connectivity index (χ3n) is 7.17. The Kier molecular flexibility index (Phi) is 8.29. The van der Waals surface area contributed by atoms with Gasteiger partial charge in [-0.1, -0.05) is 11.6 Å². The smallest absolute Gasteiger partial charge is 0.269 e. The first-order valence-electron chi connectivity index (χ1n) is 12.0. The van der Waals surface area contributed by atoms with Crippen LogP contribution in [-0.4, -0.2) is 53.3 Å². The molecule has 7 nitrogen and oxygen atoms in total. The van der Waals surface area contributed by atoms with Crippen molar-refractivity contribution in [3.63, 3.8) is 0 Å². The molecule has 33 heavy (non-hydrogen) atoms. The summed E-state index contributed by atoms with van der Waals surface area (Å²) in [5.41, 5.74) is 3.76. The molecule has 0 bridgehead atoms. The van der Waals surface area contributed by atoms with Gasteiger partial charge in [-0.25, -0.2) is 0 Å². The van der Waals surface area contributed by atoms with E-state index in [0.29, 0.717) is 34.8 Å². The number of nitrogens with one attached hydrogen (secondary N) is 2. The molecule has 182 valence electrons. The van der Waals surface area contributed by atoms with Gasteiger partial charge in [0.1, 0.15) is 0 Å². The van der Waals surface area contributed by atoms with Gasteiger partial charge in [-0.2, -0.15) is 0 Å². The van der Waals surface area contributed by atoms with Crippen molar-refractivity contribution < 1.29 is 4.79 Å². The number of hydrogen-bond acceptors (Lipinski definition) is 4. The molecule has 2 aromatic rings. The molecular weight excluding hydrogens is 438 g/mol. The van der Waals surface area contributed by atoms with Gasteiger partial charge in [-0.05, 0) is 85.2 Å². The summed E-state index contributed by atoms with van der Waals surface area (Å²) in [4.78, 5) is 30.1. The molecule has 0 saturated heterocycles. The first-order valence-corrected chi connectivity index (χ1v) is 12.3. The van der Waals surface area contributed by atoms with Gasteiger partial charge in [0.05, 0.1) is 12.1 Å². The minimum atomic E-state index is -0.216. The minimum Gasteiger partial charge on any atom is -0.369 e. The zero-order valence-corrected chi connectivity index (χ0v) is 21.6. The van der Waals surface area contributed by atoms with Crippen LogP contribution in [0.25, 0.3) is 0 Å². The van der Waals surface area contributed by atoms with E-state index in [1.807, 2.05) is 26.8 Å². The summed E-state index contributed by atoms with van der Waals surface area (Å²) in [7, 11) is 4.31. The van der Waals surface area contributed by atoms with E-state index >= 15 is 0 Å². The standard InChI is InChI=1S/C25H38ClN5O2/c1-7-30(20-11-9-19(10-12-20)29(5)6)23-14-18(26)13-21(16(23)3)24(32)27-15-22-17(4)31(8-2)28-25(22)33/h13-14,19-20H,7-12,15H2,1-6H3,(H,27,32)(H,28,33). The molecule has 1 aromatic carbocycles. The van der Waals surface area contributed by atoms with Gasteiger partial charge < -0.3 is 15.1 Å². The Morgan fingerprint density at radius 3 is 2.33 bits per heavy atom. The van der Waals surface area contributed by atoms with Gasteiger partial charge in [0.25, 0.3) is 11.5 Å². The molecule has 3 rings (SSSR count). The van der Waals surface area contributed by atoms with Crippen molar-refractivity contribution in [3.8, 4) is 0 Å². The minimum absolute atomic E-state index is 0.163. The van der Waals surface area contributed by atoms with Gasteiger partial charge in [-0.15, -0.1) is 0 Å². The van der Waals surface area contributed by atoms with Crippen LogP contribution in [0.15, 0.2) is 16.9 Å². The first kappa shape index (κ1) is 25.4. The summed E-state index contributed by atoms with van der Waals surface area (Å²) in [6, 6.07) is 4.77. The summed E-state index contributed by atoms with van der Waals surface area (Å²) in [6.07, 6.45) is 4.60. The van der Waals surface area contributed by atoms with E-state index in [1.165, 1.54) is 12.8 Å². The number of carbonyl (C=O) groups excluding carboxylic acids is 1. The van der Waals surface area contributed by atoms with E-state index in [4.69, 9.17) is 11.6 Å². The quantitative estimate of drug-likeness (QED) is 0.603. The Hall–Kier alpha value is -2.25. The lowest BCUT2D eigenvalue weighted by molar-refractivity contribution is 0.0950. The van der Waals surface area contributed by atoms with Gasteiger partial charge >= 0.3 is 0 Å². The zero-order chi connectivity index (χ0) is 24.3. The van der Waals surface area contributed by atoms with E-state index in [9.17, 15) is 9.59 Å². The lowest BCUT2D eigenvalue weighted by Crippen LogP contribution is -2.42. The summed E-state index contributed by atoms with van der Waals surface area (Å²) < 4.78 is 1.79. The average molecular weight is 476 g/mol. The Labute approximate surface area is 202 Å². The Morgan fingerprint density at radius 1 is 1.15 bits per heavy atom. The highest BCUT2D eigenvalue weighted by atomic mass is 35.5. The number of benzene rings is 1. The van der Waals surface area contributed by atoms with Gasteiger partial charge in [0, 0.05) is 47.1 Å². The van der Waals surface area contributed by atoms with Crippen LogP contribution in [0.5, 0.6) is 0 Å². The second-order valence-corrected chi connectivity index (χ2v) is 9.68. The fraction of sp³-hybridized carbons (Fsp3) is 0.600. The predicted molar refractivity (Wildman–Crippen MR) is 136 cm³/mol. The molecule has 1 fully saturated rings. The van der Waals surface area contributed by atoms with Crippen LogP contribution in [0.1, 0.15) is 66.7 Å². The molecule has 0 atom stereocenters. The number of aryl methyl sites for hydroxylation is 1. The highest BCUT2D eigenvalue weighted by Gasteiger charge is 2.28. The zero-order valence-electron chi connectivity index (χ0n) is 20.8. The number of hydrogen-bond donors (Lipinski definition) is 2. The van der Waals surface area contributed by atoms with Crippen molar-refractivity contribution in [2.24, 2.45) is 0 Å². The van der Waals surface area contributed by atoms with E-state index < -0.39 is 0 Å². The fourth-order valence-corrected chi connectivity index (χ4v) is 5.31. The topological polar surface area (TPSA) is 73.4 Å². The summed E-state index contributed by atoms with van der Waals surface area (Å²) >= 11 is 6.49. The monoisotopic (exact) mass is 475 g/mol. The molecule has 0 radical (unpaired) electrons. The maximum Gasteiger partial charge on any atom is 0.269 e. The highest BCUT2D eigenvalue weighted by molar-refractivity contribution is 6.31. The van der Waals surface area contributed by atoms with Crippen molar-refractivity contribution in [1.82, 2.24) is 20.0 Å². The van der Waals surface area contributed by atoms with E-state index in [-0.39, 0.29) is 18.0 Å². The summed E-state index contributed by atoms with van der Waals surface area (Å²) in [5.74, 6) is -0.216. The Balaban J connectivity index is 1.80. The molecule has 1 saturated carbocycles. The number of nitrogens with zero attached hydrogens (tertiary/aromatic N) is 3. The van der Waals surface area contributed by atoms with E-state index in [2.05, 4.69) is 41.2 Å². The lowest BCUT2D eigenvalue weighted by atomic mass is 9.89. The Bertz CT molecular complexity index is 1030. The molecule has 1 aromatic heterocycles. The number of amides is 1. The number of rotatable bonds is 8. The summed E-state index contributed by atoms with van der Waals surface area (Å²) in [5, 5.41) is 6.28. The van der Waals surface area contributed by atoms with Crippen LogP contribution in [0, 0.1) is 13.8 Å². The molecular formula is C25H38ClN5O2. The second-order valence-electron chi connectivity index (χ2n) is 9.24. The number of H-pyrrole nitrogens is 1. The fourth-order valence-electron chi connectivity index (χ4n) is 5.10. The van der Waals surface area contributed by atoms with Crippen molar-refractivity contribution >= 4 is 23.2 Å². The number of aromatic amines is 1. The SMILES string of the molecule is CCN(c1cc(Cl)cc(C(=O)NCc2c(C)n(CC)[nH]c2=O)c1C)C1CCC(N(C)C)CC1. The van der Waals surface area contributed by atoms with Crippen molar-refractivity contribution in [2.75, 3.05) is 25.5 Å². The number of anilines is 1. The molecule has 1 aliphatic carbocycles. The van der Waals surface area contributed by atoms with E-state index in [0.717, 1.165) is 36.3 Å². The number of halogens is 1. The average Bonchev–Trinajstić information content (AvgIpc) is 3.07. The maximum atomic E-state index is 13.1. The van der Waals surface area contributed by atoms with Crippen LogP contribution >= 0.6 is 11.6 Å². The maximum absolute atomic E-state index is 13.1. The highest BCUT2D eigenvalue weighted by Crippen LogP contribution is 2.34. The van der Waals surface area contributed by atoms with Crippen LogP contribution in [0.3, 0.4) is 0 Å². The van der Waals surface area contributed by atoms with Gasteiger partial charge in [0.15, 0.2) is 0 Å². The van der Waals surface area contributed by atoms with Gasteiger partial charge in [-0.3, -0.25) is 19.4 Å². The van der Waals surface area contributed by atoms with Gasteiger partial charge in [0.2, 0.25) is 0 Å². The molecule has 1 aliphatic rings. The van der Waals surface area contributed by atoms with Crippen molar-refractivity contribution in [1.29, 1.82) is 0 Å². The predicted octanol–water partition coefficient (Wildman–Crippen LogP) is 4.10. The third kappa shape index (κ3) is 5.46. The van der Waals surface area contributed by atoms with Crippen molar-refractivity contribution in [2.45, 2.75) is 78.6 Å². The van der Waals surface area contributed by atoms with Crippen LogP contribution in [0.2, 0.25) is 5.02 Å². The van der Waals surface area contributed by atoms with Crippen molar-refractivity contribution in [3.05, 3.63) is 49.9 Å². The second kappa shape index (κ2) is 10.8. The third-order valence-corrected chi connectivity index (χ3v) is 7.39. The van der Waals surface area contributed by atoms with Crippen LogP contribution in [-0.2, 0) is 13.1 Å². The van der Waals surface area contributed by atoms with E-state index in [1.54, 1.807) is 10.7 Å². The number of aromatic nitrogens is 2. The summed E-state index contributed by atoms with van der Waals surface area (Å²) in [6.45, 7) is 9.71. The molecule has 8 heteroatoms. The largest absolute Gasteiger partial charge is 0.369 e. The molecule has 1 amide bonds. The van der Waals surface area contributed by atoms with Crippen LogP contribution in [0.4, 0.5) is 5.69 Å². The molecule has 0 unspecified atom stereocenters. The normalized spacial score (nSPS) is 18.5. The number of carbonyl (C=O) groups is 1. The molecule has 2 N–H and O–H groups in total.